The van der Waals surface area contributed by atoms with Gasteiger partial charge in [0, 0.05) is 6.21 Å². The predicted molar refractivity (Wildman–Crippen MR) is 50.6 cm³/mol. The minimum absolute atomic E-state index is 1.04. The number of nitrogens with zero attached hydrogens (tertiary/aromatic N) is 1. The van der Waals surface area contributed by atoms with Crippen molar-refractivity contribution in [3.63, 3.8) is 0 Å². The van der Waals surface area contributed by atoms with Crippen LogP contribution in [0.1, 0.15) is 13.8 Å². The number of aliphatic imine (C=N–C) groups is 1. The lowest BCUT2D eigenvalue weighted by atomic mass is 10.3. The maximum absolute atomic E-state index is 4.16. The molecule has 0 amide bonds. The molecule has 10 heavy (non-hydrogen) atoms. The molecule has 0 rings (SSSR count). The van der Waals surface area contributed by atoms with E-state index < -0.39 is 0 Å². The van der Waals surface area contributed by atoms with Crippen molar-refractivity contribution in [2.24, 2.45) is 4.99 Å². The second-order valence-corrected chi connectivity index (χ2v) is 2.58. The van der Waals surface area contributed by atoms with Gasteiger partial charge in [0.25, 0.3) is 0 Å². The maximum Gasteiger partial charge on any atom is 0.0982 e. The van der Waals surface area contributed by atoms with E-state index in [0.717, 1.165) is 10.6 Å². The molecule has 1 nitrogen and oxygen atoms in total. The van der Waals surface area contributed by atoms with Gasteiger partial charge in [0.1, 0.15) is 0 Å². The molecule has 0 atom stereocenters. The van der Waals surface area contributed by atoms with Gasteiger partial charge in [-0.3, -0.25) is 4.99 Å². The zero-order chi connectivity index (χ0) is 7.98. The minimum atomic E-state index is 1.04. The van der Waals surface area contributed by atoms with Crippen LogP contribution < -0.4 is 0 Å². The molecule has 0 spiro atoms. The van der Waals surface area contributed by atoms with Crippen LogP contribution in [0.5, 0.6) is 0 Å². The van der Waals surface area contributed by atoms with E-state index in [-0.39, 0.29) is 0 Å². The molecule has 0 saturated heterocycles. The van der Waals surface area contributed by atoms with Crippen molar-refractivity contribution < 1.29 is 0 Å². The lowest BCUT2D eigenvalue weighted by molar-refractivity contribution is 1.40. The molecule has 0 aliphatic rings. The van der Waals surface area contributed by atoms with E-state index in [1.165, 1.54) is 0 Å². The van der Waals surface area contributed by atoms with Crippen molar-refractivity contribution in [2.75, 3.05) is 6.26 Å². The molecule has 0 aliphatic heterocycles. The van der Waals surface area contributed by atoms with Crippen LogP contribution in [0.2, 0.25) is 0 Å². The Morgan fingerprint density at radius 3 is 2.50 bits per heavy atom. The fourth-order valence-corrected chi connectivity index (χ4v) is 1.14. The molecular formula is C8H13NS. The van der Waals surface area contributed by atoms with Gasteiger partial charge in [-0.2, -0.15) is 0 Å². The predicted octanol–water partition coefficient (Wildman–Crippen LogP) is 2.86. The zero-order valence-corrected chi connectivity index (χ0v) is 7.53. The van der Waals surface area contributed by atoms with Crippen molar-refractivity contribution in [2.45, 2.75) is 13.8 Å². The molecule has 0 aromatic carbocycles. The van der Waals surface area contributed by atoms with Crippen LogP contribution in [0.4, 0.5) is 0 Å². The van der Waals surface area contributed by atoms with Gasteiger partial charge >= 0.3 is 0 Å². The summed E-state index contributed by atoms with van der Waals surface area (Å²) in [6.45, 7) is 7.58. The molecule has 0 fully saturated rings. The summed E-state index contributed by atoms with van der Waals surface area (Å²) in [7, 11) is 0. The Morgan fingerprint density at radius 2 is 2.20 bits per heavy atom. The highest BCUT2D eigenvalue weighted by Crippen LogP contribution is 2.17. The van der Waals surface area contributed by atoms with Crippen molar-refractivity contribution in [3.05, 3.63) is 23.3 Å². The van der Waals surface area contributed by atoms with E-state index in [1.807, 2.05) is 26.2 Å². The first-order chi connectivity index (χ1) is 4.76. The Morgan fingerprint density at radius 1 is 1.60 bits per heavy atom. The van der Waals surface area contributed by atoms with E-state index >= 15 is 0 Å². The van der Waals surface area contributed by atoms with Crippen LogP contribution in [0.15, 0.2) is 28.2 Å². The van der Waals surface area contributed by atoms with E-state index in [0.29, 0.717) is 0 Å². The molecular weight excluding hydrogens is 142 g/mol. The molecule has 0 aromatic heterocycles. The minimum Gasteiger partial charge on any atom is -0.254 e. The molecule has 0 bridgehead atoms. The summed E-state index contributed by atoms with van der Waals surface area (Å²) >= 11 is 1.64. The Balaban J connectivity index is 4.44. The van der Waals surface area contributed by atoms with Crippen LogP contribution in [-0.4, -0.2) is 12.5 Å². The molecule has 0 unspecified atom stereocenters. The van der Waals surface area contributed by atoms with E-state index in [9.17, 15) is 0 Å². The average molecular weight is 155 g/mol. The Hall–Kier alpha value is -0.500. The standard InChI is InChI=1S/C8H13NS/c1-5-7(3)8(10-4)9-6-2/h5-6H,1H2,2-4H3. The van der Waals surface area contributed by atoms with Gasteiger partial charge in [0.15, 0.2) is 0 Å². The Bertz CT molecular complexity index is 168. The second-order valence-electron chi connectivity index (χ2n) is 1.78. The molecule has 0 heterocycles. The fourth-order valence-electron chi connectivity index (χ4n) is 0.520. The number of thioether (sulfide) groups is 1. The summed E-state index contributed by atoms with van der Waals surface area (Å²) in [6.07, 6.45) is 5.62. The maximum atomic E-state index is 4.16. The largest absolute Gasteiger partial charge is 0.254 e. The van der Waals surface area contributed by atoms with E-state index in [4.69, 9.17) is 0 Å². The van der Waals surface area contributed by atoms with Crippen LogP contribution in [0, 0.1) is 0 Å². The van der Waals surface area contributed by atoms with Crippen LogP contribution >= 0.6 is 11.8 Å². The summed E-state index contributed by atoms with van der Waals surface area (Å²) in [5.74, 6) is 0. The van der Waals surface area contributed by atoms with Crippen LogP contribution in [-0.2, 0) is 0 Å². The molecule has 0 N–H and O–H groups in total. The van der Waals surface area contributed by atoms with Gasteiger partial charge in [0.2, 0.25) is 0 Å². The molecule has 0 aliphatic carbocycles. The summed E-state index contributed by atoms with van der Waals surface area (Å²) < 4.78 is 0. The third-order valence-electron chi connectivity index (χ3n) is 1.08. The van der Waals surface area contributed by atoms with Gasteiger partial charge in [-0.15, -0.1) is 11.8 Å². The quantitative estimate of drug-likeness (QED) is 0.451. The van der Waals surface area contributed by atoms with Gasteiger partial charge in [-0.25, -0.2) is 0 Å². The Labute approximate surface area is 66.9 Å². The molecule has 2 heteroatoms. The number of rotatable bonds is 3. The monoisotopic (exact) mass is 155 g/mol. The van der Waals surface area contributed by atoms with Gasteiger partial charge in [0.05, 0.1) is 5.03 Å². The van der Waals surface area contributed by atoms with Crippen molar-refractivity contribution in [1.82, 2.24) is 0 Å². The highest BCUT2D eigenvalue weighted by atomic mass is 32.2. The third-order valence-corrected chi connectivity index (χ3v) is 1.90. The van der Waals surface area contributed by atoms with E-state index in [1.54, 1.807) is 18.0 Å². The second kappa shape index (κ2) is 5.30. The average Bonchev–Trinajstić information content (AvgIpc) is 1.99. The first kappa shape index (κ1) is 9.50. The summed E-state index contributed by atoms with van der Waals surface area (Å²) in [5, 5.41) is 1.04. The van der Waals surface area contributed by atoms with Crippen molar-refractivity contribution in [1.29, 1.82) is 0 Å². The third kappa shape index (κ3) is 2.87. The highest BCUT2D eigenvalue weighted by molar-refractivity contribution is 8.02. The molecule has 0 radical (unpaired) electrons. The smallest absolute Gasteiger partial charge is 0.0982 e. The van der Waals surface area contributed by atoms with Crippen molar-refractivity contribution >= 4 is 18.0 Å². The highest BCUT2D eigenvalue weighted by Gasteiger charge is 1.92. The zero-order valence-electron chi connectivity index (χ0n) is 6.72. The topological polar surface area (TPSA) is 12.4 Å². The number of hydrogen-bond donors (Lipinski definition) is 0. The first-order valence-corrected chi connectivity index (χ1v) is 4.34. The lowest BCUT2D eigenvalue weighted by Crippen LogP contribution is -1.76. The van der Waals surface area contributed by atoms with Gasteiger partial charge in [-0.1, -0.05) is 12.7 Å². The lowest BCUT2D eigenvalue weighted by Gasteiger charge is -1.97. The van der Waals surface area contributed by atoms with Gasteiger partial charge < -0.3 is 0 Å². The van der Waals surface area contributed by atoms with Crippen LogP contribution in [0.3, 0.4) is 0 Å². The fraction of sp³-hybridized carbons (Fsp3) is 0.375. The first-order valence-electron chi connectivity index (χ1n) is 3.12. The number of hydrogen-bond acceptors (Lipinski definition) is 2. The van der Waals surface area contributed by atoms with E-state index in [2.05, 4.69) is 11.6 Å². The molecule has 0 saturated carbocycles. The van der Waals surface area contributed by atoms with Crippen molar-refractivity contribution in [3.8, 4) is 0 Å². The molecule has 56 valence electrons. The Kier molecular flexibility index (Phi) is 5.03. The SMILES string of the molecule is C=CC(C)=C(N=CC)SC. The summed E-state index contributed by atoms with van der Waals surface area (Å²) in [4.78, 5) is 4.16. The normalized spacial score (nSPS) is 13.5. The summed E-state index contributed by atoms with van der Waals surface area (Å²) in [5.41, 5.74) is 1.13. The summed E-state index contributed by atoms with van der Waals surface area (Å²) in [6, 6.07) is 0. The molecule has 0 aromatic rings. The van der Waals surface area contributed by atoms with Gasteiger partial charge in [-0.05, 0) is 25.7 Å². The number of allylic oxidation sites excluding steroid dienone is 2. The van der Waals surface area contributed by atoms with Crippen LogP contribution in [0.25, 0.3) is 0 Å².